The van der Waals surface area contributed by atoms with Crippen LogP contribution in [0.4, 0.5) is 0 Å². The zero-order chi connectivity index (χ0) is 8.10. The van der Waals surface area contributed by atoms with E-state index in [-0.39, 0.29) is 0 Å². The summed E-state index contributed by atoms with van der Waals surface area (Å²) in [6.07, 6.45) is 5.04. The molecule has 0 aromatic heterocycles. The van der Waals surface area contributed by atoms with Crippen LogP contribution in [0.1, 0.15) is 32.6 Å². The van der Waals surface area contributed by atoms with Crippen molar-refractivity contribution in [2.45, 2.75) is 38.6 Å². The van der Waals surface area contributed by atoms with Gasteiger partial charge in [0.25, 0.3) is 0 Å². The molecule has 2 heteroatoms. The van der Waals surface area contributed by atoms with Crippen LogP contribution in [0.15, 0.2) is 0 Å². The summed E-state index contributed by atoms with van der Waals surface area (Å²) in [5.74, 6) is 0.740. The Balaban J connectivity index is 2.21. The molecular formula is C9H20N2. The van der Waals surface area contributed by atoms with Crippen LogP contribution in [0.5, 0.6) is 0 Å². The van der Waals surface area contributed by atoms with Gasteiger partial charge in [-0.15, -0.1) is 0 Å². The lowest BCUT2D eigenvalue weighted by atomic mass is 9.90. The van der Waals surface area contributed by atoms with Gasteiger partial charge in [0.15, 0.2) is 0 Å². The highest BCUT2D eigenvalue weighted by atomic mass is 14.9. The molecule has 66 valence electrons. The van der Waals surface area contributed by atoms with Crippen LogP contribution in [0, 0.1) is 5.92 Å². The molecule has 1 heterocycles. The molecule has 2 nitrogen and oxygen atoms in total. The summed E-state index contributed by atoms with van der Waals surface area (Å²) in [6, 6.07) is 0.438. The van der Waals surface area contributed by atoms with Crippen molar-refractivity contribution in [3.8, 4) is 0 Å². The molecule has 0 amide bonds. The van der Waals surface area contributed by atoms with E-state index in [2.05, 4.69) is 12.2 Å². The fourth-order valence-corrected chi connectivity index (χ4v) is 1.81. The molecule has 2 atom stereocenters. The Bertz CT molecular complexity index is 97.7. The Morgan fingerprint density at radius 3 is 3.00 bits per heavy atom. The Morgan fingerprint density at radius 1 is 1.64 bits per heavy atom. The van der Waals surface area contributed by atoms with Crippen molar-refractivity contribution in [3.63, 3.8) is 0 Å². The lowest BCUT2D eigenvalue weighted by Crippen LogP contribution is -2.40. The van der Waals surface area contributed by atoms with Crippen LogP contribution in [-0.2, 0) is 0 Å². The molecular weight excluding hydrogens is 136 g/mol. The Morgan fingerprint density at radius 2 is 2.45 bits per heavy atom. The summed E-state index contributed by atoms with van der Waals surface area (Å²) < 4.78 is 0. The maximum absolute atomic E-state index is 6.02. The topological polar surface area (TPSA) is 38.0 Å². The van der Waals surface area contributed by atoms with Crippen molar-refractivity contribution in [3.05, 3.63) is 0 Å². The molecule has 0 radical (unpaired) electrons. The summed E-state index contributed by atoms with van der Waals surface area (Å²) in [6.45, 7) is 4.53. The van der Waals surface area contributed by atoms with Gasteiger partial charge in [-0.2, -0.15) is 0 Å². The smallest absolute Gasteiger partial charge is 0.00791 e. The third-order valence-corrected chi connectivity index (χ3v) is 2.56. The van der Waals surface area contributed by atoms with E-state index >= 15 is 0 Å². The van der Waals surface area contributed by atoms with E-state index in [1.807, 2.05) is 0 Å². The maximum atomic E-state index is 6.02. The van der Waals surface area contributed by atoms with E-state index in [1.54, 1.807) is 0 Å². The molecule has 1 rings (SSSR count). The van der Waals surface area contributed by atoms with E-state index in [0.29, 0.717) is 6.04 Å². The number of hydrogen-bond acceptors (Lipinski definition) is 2. The van der Waals surface area contributed by atoms with E-state index in [9.17, 15) is 0 Å². The molecule has 0 aliphatic carbocycles. The summed E-state index contributed by atoms with van der Waals surface area (Å²) in [5.41, 5.74) is 6.02. The van der Waals surface area contributed by atoms with E-state index in [4.69, 9.17) is 5.73 Å². The highest BCUT2D eigenvalue weighted by molar-refractivity contribution is 4.78. The Labute approximate surface area is 69.5 Å². The quantitative estimate of drug-likeness (QED) is 0.642. The van der Waals surface area contributed by atoms with Gasteiger partial charge in [-0.25, -0.2) is 0 Å². The average Bonchev–Trinajstić information content (AvgIpc) is 2.07. The molecule has 11 heavy (non-hydrogen) atoms. The van der Waals surface area contributed by atoms with Crippen molar-refractivity contribution in [2.24, 2.45) is 11.7 Å². The van der Waals surface area contributed by atoms with E-state index in [0.717, 1.165) is 12.5 Å². The van der Waals surface area contributed by atoms with Crippen LogP contribution in [0.3, 0.4) is 0 Å². The third kappa shape index (κ3) is 2.80. The molecule has 0 saturated carbocycles. The normalized spacial score (nSPS) is 28.4. The predicted octanol–water partition coefficient (Wildman–Crippen LogP) is 1.11. The first-order chi connectivity index (χ1) is 5.34. The van der Waals surface area contributed by atoms with Crippen LogP contribution >= 0.6 is 0 Å². The lowest BCUT2D eigenvalue weighted by molar-refractivity contribution is 0.310. The second-order valence-corrected chi connectivity index (χ2v) is 3.56. The van der Waals surface area contributed by atoms with Crippen LogP contribution < -0.4 is 11.1 Å². The SMILES string of the molecule is CCCC(N)C1CCCNC1. The second-order valence-electron chi connectivity index (χ2n) is 3.56. The number of rotatable bonds is 3. The largest absolute Gasteiger partial charge is 0.327 e. The zero-order valence-corrected chi connectivity index (χ0v) is 7.47. The summed E-state index contributed by atoms with van der Waals surface area (Å²) in [5, 5.41) is 3.39. The fraction of sp³-hybridized carbons (Fsp3) is 1.00. The third-order valence-electron chi connectivity index (χ3n) is 2.56. The van der Waals surface area contributed by atoms with Gasteiger partial charge in [-0.1, -0.05) is 13.3 Å². The van der Waals surface area contributed by atoms with Crippen molar-refractivity contribution in [1.82, 2.24) is 5.32 Å². The minimum absolute atomic E-state index is 0.438. The molecule has 1 aliphatic heterocycles. The fourth-order valence-electron chi connectivity index (χ4n) is 1.81. The first-order valence-corrected chi connectivity index (χ1v) is 4.81. The van der Waals surface area contributed by atoms with Gasteiger partial charge in [0, 0.05) is 6.04 Å². The summed E-state index contributed by atoms with van der Waals surface area (Å²) in [7, 11) is 0. The van der Waals surface area contributed by atoms with Crippen LogP contribution in [0.25, 0.3) is 0 Å². The first-order valence-electron chi connectivity index (χ1n) is 4.81. The number of nitrogens with one attached hydrogen (secondary N) is 1. The van der Waals surface area contributed by atoms with Gasteiger partial charge in [-0.3, -0.25) is 0 Å². The van der Waals surface area contributed by atoms with E-state index < -0.39 is 0 Å². The van der Waals surface area contributed by atoms with Gasteiger partial charge < -0.3 is 11.1 Å². The molecule has 0 aromatic rings. The highest BCUT2D eigenvalue weighted by Gasteiger charge is 2.18. The summed E-state index contributed by atoms with van der Waals surface area (Å²) in [4.78, 5) is 0. The molecule has 0 bridgehead atoms. The molecule has 2 unspecified atom stereocenters. The number of piperidine rings is 1. The van der Waals surface area contributed by atoms with E-state index in [1.165, 1.54) is 32.2 Å². The van der Waals surface area contributed by atoms with Gasteiger partial charge in [0.05, 0.1) is 0 Å². The second kappa shape index (κ2) is 4.73. The minimum atomic E-state index is 0.438. The first kappa shape index (κ1) is 9.01. The molecule has 1 aliphatic rings. The number of hydrogen-bond donors (Lipinski definition) is 2. The molecule has 1 fully saturated rings. The molecule has 0 aromatic carbocycles. The van der Waals surface area contributed by atoms with Crippen LogP contribution in [-0.4, -0.2) is 19.1 Å². The van der Waals surface area contributed by atoms with Gasteiger partial charge in [-0.05, 0) is 38.3 Å². The predicted molar refractivity (Wildman–Crippen MR) is 48.5 cm³/mol. The maximum Gasteiger partial charge on any atom is 0.00791 e. The summed E-state index contributed by atoms with van der Waals surface area (Å²) >= 11 is 0. The molecule has 0 spiro atoms. The zero-order valence-electron chi connectivity index (χ0n) is 7.47. The van der Waals surface area contributed by atoms with Crippen LogP contribution in [0.2, 0.25) is 0 Å². The molecule has 1 saturated heterocycles. The monoisotopic (exact) mass is 156 g/mol. The lowest BCUT2D eigenvalue weighted by Gasteiger charge is -2.27. The van der Waals surface area contributed by atoms with Gasteiger partial charge >= 0.3 is 0 Å². The standard InChI is InChI=1S/C9H20N2/c1-2-4-9(10)8-5-3-6-11-7-8/h8-9,11H,2-7,10H2,1H3. The van der Waals surface area contributed by atoms with Crippen molar-refractivity contribution < 1.29 is 0 Å². The molecule has 3 N–H and O–H groups in total. The van der Waals surface area contributed by atoms with Gasteiger partial charge in [0.1, 0.15) is 0 Å². The van der Waals surface area contributed by atoms with Crippen molar-refractivity contribution in [1.29, 1.82) is 0 Å². The Hall–Kier alpha value is -0.0800. The van der Waals surface area contributed by atoms with Crippen molar-refractivity contribution >= 4 is 0 Å². The minimum Gasteiger partial charge on any atom is -0.327 e. The number of nitrogens with two attached hydrogens (primary N) is 1. The highest BCUT2D eigenvalue weighted by Crippen LogP contribution is 2.15. The van der Waals surface area contributed by atoms with Gasteiger partial charge in [0.2, 0.25) is 0 Å². The average molecular weight is 156 g/mol. The Kier molecular flexibility index (Phi) is 3.87. The van der Waals surface area contributed by atoms with Crippen molar-refractivity contribution in [2.75, 3.05) is 13.1 Å².